The molecular formula is C65H140O15S20Si5. The van der Waals surface area contributed by atoms with Crippen LogP contribution in [0.2, 0.25) is 0 Å². The molecule has 105 heavy (non-hydrogen) atoms. The van der Waals surface area contributed by atoms with Gasteiger partial charge in [-0.3, -0.25) is 0 Å². The lowest BCUT2D eigenvalue weighted by Gasteiger charge is -2.40. The highest BCUT2D eigenvalue weighted by molar-refractivity contribution is 9.31. The van der Waals surface area contributed by atoms with Gasteiger partial charge in [0.2, 0.25) is 0 Å². The molecule has 40 heteroatoms. The largest absolute Gasteiger partial charge is 0.512 e. The lowest BCUT2D eigenvalue weighted by molar-refractivity contribution is 0.0765. The van der Waals surface area contributed by atoms with Crippen LogP contribution in [0.15, 0.2) is 9.81 Å². The molecule has 0 amide bonds. The van der Waals surface area contributed by atoms with Crippen molar-refractivity contribution in [2.45, 2.75) is 252 Å². The van der Waals surface area contributed by atoms with Crippen molar-refractivity contribution in [3.05, 3.63) is 9.81 Å². The Morgan fingerprint density at radius 3 is 0.762 bits per heavy atom. The molecule has 0 aliphatic rings. The Labute approximate surface area is 724 Å². The molecule has 0 N–H and O–H groups in total. The molecule has 0 saturated heterocycles. The third kappa shape index (κ3) is 52.3. The number of hydrogen-bond acceptors (Lipinski definition) is 35. The predicted octanol–water partition coefficient (Wildman–Crippen LogP) is 28.3. The van der Waals surface area contributed by atoms with Gasteiger partial charge in [0, 0.05) is 104 Å². The average Bonchev–Trinajstić information content (AvgIpc) is 0.782. The minimum Gasteiger partial charge on any atom is -0.373 e. The quantitative estimate of drug-likeness (QED) is 0.0247. The molecule has 0 rings (SSSR count). The van der Waals surface area contributed by atoms with Crippen LogP contribution in [0.1, 0.15) is 242 Å². The molecule has 15 nitrogen and oxygen atoms in total. The smallest absolute Gasteiger partial charge is 0.373 e. The molecule has 0 fully saturated rings. The van der Waals surface area contributed by atoms with E-state index in [1.54, 1.807) is 113 Å². The summed E-state index contributed by atoms with van der Waals surface area (Å²) in [5.41, 5.74) is 1.32. The fourth-order valence-electron chi connectivity index (χ4n) is 10.8. The molecular weight excluding hydrogens is 1800 g/mol. The van der Waals surface area contributed by atoms with Crippen LogP contribution in [0, 0.1) is 29.6 Å². The van der Waals surface area contributed by atoms with E-state index in [4.69, 9.17) is 66.4 Å². The maximum absolute atomic E-state index is 6.42. The Bertz CT molecular complexity index is 1870. The fraction of sp³-hybridized carbons (Fsp3) is 0.969. The van der Waals surface area contributed by atoms with Crippen molar-refractivity contribution >= 4 is 250 Å². The molecule has 0 aliphatic carbocycles. The minimum absolute atomic E-state index is 0.102. The Kier molecular flexibility index (Phi) is 77.8. The summed E-state index contributed by atoms with van der Waals surface area (Å²) < 4.78 is 96.5. The van der Waals surface area contributed by atoms with E-state index < -0.39 is 48.1 Å². The van der Waals surface area contributed by atoms with Gasteiger partial charge < -0.3 is 66.4 Å². The van der Waals surface area contributed by atoms with Crippen molar-refractivity contribution < 1.29 is 66.4 Å². The summed E-state index contributed by atoms with van der Waals surface area (Å²) in [5.74, 6) is 3.59. The van der Waals surface area contributed by atoms with E-state index in [0.717, 1.165) is 30.6 Å². The first-order valence-corrected chi connectivity index (χ1v) is 72.7. The number of rotatable bonds is 81. The summed E-state index contributed by atoms with van der Waals surface area (Å²) >= 11 is 0. The molecule has 0 bridgehead atoms. The molecule has 0 spiro atoms. The lowest BCUT2D eigenvalue weighted by Crippen LogP contribution is -2.49. The van der Waals surface area contributed by atoms with Crippen molar-refractivity contribution in [2.24, 2.45) is 29.6 Å². The van der Waals surface area contributed by atoms with Crippen LogP contribution in [-0.2, 0) is 66.4 Å². The van der Waals surface area contributed by atoms with Crippen LogP contribution >= 0.6 is 206 Å². The zero-order valence-corrected chi connectivity index (χ0v) is 89.1. The fourth-order valence-corrected chi connectivity index (χ4v) is 73.5. The van der Waals surface area contributed by atoms with E-state index in [1.807, 2.05) is 197 Å². The maximum atomic E-state index is 6.42. The topological polar surface area (TPSA) is 138 Å². The number of unbranched alkanes of at least 4 members (excludes halogenated alkanes) is 1. The Morgan fingerprint density at radius 1 is 0.276 bits per heavy atom. The molecule has 0 saturated carbocycles. The monoisotopic (exact) mass is 1940 g/mol. The first-order valence-electron chi connectivity index (χ1n) is 38.1. The van der Waals surface area contributed by atoms with Gasteiger partial charge in [0.1, 0.15) is 4.08 Å². The van der Waals surface area contributed by atoms with Crippen molar-refractivity contribution in [1.29, 1.82) is 0 Å². The zero-order valence-electron chi connectivity index (χ0n) is 67.8. The molecule has 0 aliphatic heterocycles. The molecule has 5 unspecified atom stereocenters. The van der Waals surface area contributed by atoms with Crippen molar-refractivity contribution in [2.75, 3.05) is 126 Å². The minimum atomic E-state index is -2.97. The molecule has 630 valence electrons. The number of hydrogen-bond donors (Lipinski definition) is 0. The van der Waals surface area contributed by atoms with Gasteiger partial charge in [-0.1, -0.05) is 211 Å². The van der Waals surface area contributed by atoms with E-state index >= 15 is 0 Å². The van der Waals surface area contributed by atoms with Crippen LogP contribution < -0.4 is 0 Å². The van der Waals surface area contributed by atoms with E-state index in [0.29, 0.717) is 138 Å². The summed E-state index contributed by atoms with van der Waals surface area (Å²) in [5, 5.41) is 3.27. The van der Waals surface area contributed by atoms with Crippen molar-refractivity contribution in [3.8, 4) is 0 Å². The van der Waals surface area contributed by atoms with E-state index in [1.165, 1.54) is 86.9 Å². The van der Waals surface area contributed by atoms with Crippen LogP contribution in [0.5, 0.6) is 0 Å². The standard InChI is InChI=1S/C65H140O15S20Si5/c1-23-66-101(67-24-2,68-25-3)52-81-91-96-86-63(51-61(21)50-42-49-59(19)45-39-38-44-58(18)47-41-48-60(20)46-40-43-57(16)17)65(89-99-94-84-55-104(75-32-10,76-33-11)77-34-12,90-100-95-85-56-105(78-35-13,79-36-14)80-37-15)62(22)64(87-97-92-82-53-102(69-26-4,70-27-5)71-28-6)88-98-93-83-54-103(72-29-7,73-30-8)74-31-9/h57-61,63H,23-56H2,1-22H3. The van der Waals surface area contributed by atoms with Crippen LogP contribution in [-0.4, -0.2) is 179 Å². The van der Waals surface area contributed by atoms with E-state index in [-0.39, 0.29) is 5.25 Å². The summed E-state index contributed by atoms with van der Waals surface area (Å²) in [6.45, 7) is 55.4. The molecule has 5 atom stereocenters. The Hall–Kier alpha value is 7.22. The van der Waals surface area contributed by atoms with E-state index in [9.17, 15) is 0 Å². The van der Waals surface area contributed by atoms with Gasteiger partial charge in [0.25, 0.3) is 0 Å². The summed E-state index contributed by atoms with van der Waals surface area (Å²) in [7, 11) is 21.9. The second-order valence-corrected chi connectivity index (χ2v) is 70.5. The van der Waals surface area contributed by atoms with Gasteiger partial charge in [-0.2, -0.15) is 0 Å². The summed E-state index contributed by atoms with van der Waals surface area (Å²) in [6, 6.07) is 0. The highest BCUT2D eigenvalue weighted by Crippen LogP contribution is 2.70. The summed E-state index contributed by atoms with van der Waals surface area (Å²) in [4.78, 5) is 0. The highest BCUT2D eigenvalue weighted by atomic mass is 33.7. The molecule has 0 heterocycles. The Balaban J connectivity index is 8.39. The second kappa shape index (κ2) is 72.8. The average molecular weight is 1940 g/mol. The Morgan fingerprint density at radius 2 is 0.505 bits per heavy atom. The van der Waals surface area contributed by atoms with Gasteiger partial charge >= 0.3 is 44.0 Å². The van der Waals surface area contributed by atoms with Gasteiger partial charge in [0.15, 0.2) is 0 Å². The third-order valence-electron chi connectivity index (χ3n) is 15.5. The van der Waals surface area contributed by atoms with Crippen molar-refractivity contribution in [3.63, 3.8) is 0 Å². The van der Waals surface area contributed by atoms with Crippen LogP contribution in [0.4, 0.5) is 0 Å². The van der Waals surface area contributed by atoms with Crippen LogP contribution in [0.25, 0.3) is 0 Å². The molecule has 0 aromatic heterocycles. The molecule has 0 aromatic carbocycles. The molecule has 0 aromatic rings. The van der Waals surface area contributed by atoms with Crippen LogP contribution in [0.3, 0.4) is 0 Å². The van der Waals surface area contributed by atoms with Gasteiger partial charge in [0.05, 0.1) is 31.1 Å². The first kappa shape index (κ1) is 112. The van der Waals surface area contributed by atoms with E-state index in [2.05, 4.69) is 48.5 Å². The highest BCUT2D eigenvalue weighted by Gasteiger charge is 2.49. The zero-order chi connectivity index (χ0) is 78.4. The third-order valence-corrected chi connectivity index (χ3v) is 72.3. The lowest BCUT2D eigenvalue weighted by atomic mass is 9.90. The SMILES string of the molecule is CCO[Si](CSSSSC(SSSSC[Si](OCC)(OCC)OCC)=C(C)C(SSSSC[Si](OCC)(OCC)OCC)(SSSSC[Si](OCC)(OCC)OCC)C(CC(C)CCCC(C)CCCCC(C)CCCC(C)CCCC(C)C)SSSSC[Si](OCC)(OCC)OCC)(OCC)OCC. The first-order chi connectivity index (χ1) is 50.6. The summed E-state index contributed by atoms with van der Waals surface area (Å²) in [6.07, 6.45) is 18.1. The van der Waals surface area contributed by atoms with Gasteiger partial charge in [-0.15, -0.1) is 0 Å². The maximum Gasteiger partial charge on any atom is 0.512 e. The normalized spacial score (nSPS) is 14.4. The van der Waals surface area contributed by atoms with Crippen molar-refractivity contribution in [1.82, 2.24) is 0 Å². The van der Waals surface area contributed by atoms with Gasteiger partial charge in [-0.05, 0) is 272 Å². The molecule has 0 radical (unpaired) electrons. The predicted molar refractivity (Wildman–Crippen MR) is 515 cm³/mol. The van der Waals surface area contributed by atoms with Gasteiger partial charge in [-0.25, -0.2) is 0 Å². The second-order valence-electron chi connectivity index (χ2n) is 24.5.